The van der Waals surface area contributed by atoms with Gasteiger partial charge in [-0.15, -0.1) is 0 Å². The number of carboxylic acid groups (broad SMARTS) is 1. The predicted molar refractivity (Wildman–Crippen MR) is 86.5 cm³/mol. The van der Waals surface area contributed by atoms with Crippen molar-refractivity contribution in [3.63, 3.8) is 0 Å². The standard InChI is InChI=1S/C12H16O2.C6H6O2/c1-7-5-8(2)10(4)11(9(7)3)6-12(13)14;7-5-2-1-3-6(8)4-5/h5H,6H2,1-4H3,(H,13,14);1-4,7-8H. The maximum Gasteiger partial charge on any atom is 0.307 e. The molecule has 4 heteroatoms. The van der Waals surface area contributed by atoms with E-state index in [1.165, 1.54) is 29.3 Å². The van der Waals surface area contributed by atoms with E-state index in [1.54, 1.807) is 6.07 Å². The summed E-state index contributed by atoms with van der Waals surface area (Å²) in [5, 5.41) is 26.1. The molecule has 0 spiro atoms. The van der Waals surface area contributed by atoms with Gasteiger partial charge in [-0.25, -0.2) is 0 Å². The Balaban J connectivity index is 0.000000255. The molecule has 0 fully saturated rings. The average Bonchev–Trinajstić information content (AvgIpc) is 2.42. The van der Waals surface area contributed by atoms with Crippen LogP contribution in [0.3, 0.4) is 0 Å². The van der Waals surface area contributed by atoms with Crippen molar-refractivity contribution in [2.75, 3.05) is 0 Å². The summed E-state index contributed by atoms with van der Waals surface area (Å²) in [6.45, 7) is 8.01. The fourth-order valence-electron chi connectivity index (χ4n) is 2.21. The van der Waals surface area contributed by atoms with E-state index >= 15 is 0 Å². The van der Waals surface area contributed by atoms with Crippen LogP contribution in [0.25, 0.3) is 0 Å². The third kappa shape index (κ3) is 4.81. The minimum Gasteiger partial charge on any atom is -0.508 e. The monoisotopic (exact) mass is 302 g/mol. The smallest absolute Gasteiger partial charge is 0.307 e. The lowest BCUT2D eigenvalue weighted by Gasteiger charge is -2.13. The van der Waals surface area contributed by atoms with E-state index in [1.807, 2.05) is 27.7 Å². The van der Waals surface area contributed by atoms with E-state index in [4.69, 9.17) is 15.3 Å². The van der Waals surface area contributed by atoms with Gasteiger partial charge >= 0.3 is 5.97 Å². The van der Waals surface area contributed by atoms with Gasteiger partial charge in [0.1, 0.15) is 11.5 Å². The van der Waals surface area contributed by atoms with Crippen LogP contribution >= 0.6 is 0 Å². The summed E-state index contributed by atoms with van der Waals surface area (Å²) in [6, 6.07) is 7.96. The van der Waals surface area contributed by atoms with Gasteiger partial charge in [0.05, 0.1) is 6.42 Å². The Hall–Kier alpha value is -2.49. The Morgan fingerprint density at radius 1 is 0.909 bits per heavy atom. The molecule has 0 unspecified atom stereocenters. The lowest BCUT2D eigenvalue weighted by atomic mass is 9.92. The average molecular weight is 302 g/mol. The van der Waals surface area contributed by atoms with E-state index in [0.717, 1.165) is 16.7 Å². The second-order valence-corrected chi connectivity index (χ2v) is 5.33. The number of benzene rings is 2. The Morgan fingerprint density at radius 3 is 1.68 bits per heavy atom. The van der Waals surface area contributed by atoms with Gasteiger partial charge < -0.3 is 15.3 Å². The maximum atomic E-state index is 10.7. The fourth-order valence-corrected chi connectivity index (χ4v) is 2.21. The molecule has 3 N–H and O–H groups in total. The normalized spacial score (nSPS) is 9.82. The number of hydrogen-bond donors (Lipinski definition) is 3. The number of hydrogen-bond acceptors (Lipinski definition) is 3. The lowest BCUT2D eigenvalue weighted by molar-refractivity contribution is -0.136. The molecule has 118 valence electrons. The second kappa shape index (κ2) is 7.50. The molecular weight excluding hydrogens is 280 g/mol. The first kappa shape index (κ1) is 17.6. The van der Waals surface area contributed by atoms with E-state index < -0.39 is 5.97 Å². The number of rotatable bonds is 2. The number of phenolic OH excluding ortho intramolecular Hbond substituents is 2. The van der Waals surface area contributed by atoms with Gasteiger partial charge in [-0.05, 0) is 67.6 Å². The molecule has 4 nitrogen and oxygen atoms in total. The quantitative estimate of drug-likeness (QED) is 0.791. The first-order valence-corrected chi connectivity index (χ1v) is 6.98. The highest BCUT2D eigenvalue weighted by molar-refractivity contribution is 5.72. The first-order valence-electron chi connectivity index (χ1n) is 6.98. The minimum atomic E-state index is -0.763. The van der Waals surface area contributed by atoms with Crippen LogP contribution in [0.5, 0.6) is 11.5 Å². The summed E-state index contributed by atoms with van der Waals surface area (Å²) < 4.78 is 0. The van der Waals surface area contributed by atoms with Crippen LogP contribution in [0.4, 0.5) is 0 Å². The van der Waals surface area contributed by atoms with Crippen molar-refractivity contribution in [2.45, 2.75) is 34.1 Å². The topological polar surface area (TPSA) is 77.8 Å². The minimum absolute atomic E-state index is 0.0880. The van der Waals surface area contributed by atoms with E-state index in [0.29, 0.717) is 0 Å². The maximum absolute atomic E-state index is 10.7. The molecule has 0 aliphatic rings. The lowest BCUT2D eigenvalue weighted by Crippen LogP contribution is -2.06. The highest BCUT2D eigenvalue weighted by atomic mass is 16.4. The van der Waals surface area contributed by atoms with Crippen molar-refractivity contribution in [1.29, 1.82) is 0 Å². The van der Waals surface area contributed by atoms with Crippen LogP contribution in [-0.2, 0) is 11.2 Å². The zero-order chi connectivity index (χ0) is 16.9. The molecule has 2 aromatic carbocycles. The Labute approximate surface area is 130 Å². The van der Waals surface area contributed by atoms with Crippen molar-refractivity contribution in [3.8, 4) is 11.5 Å². The number of aromatic hydroxyl groups is 2. The number of phenols is 2. The van der Waals surface area contributed by atoms with Gasteiger partial charge in [0.15, 0.2) is 0 Å². The summed E-state index contributed by atoms with van der Waals surface area (Å²) in [5.74, 6) is -0.587. The zero-order valence-corrected chi connectivity index (χ0v) is 13.3. The van der Waals surface area contributed by atoms with Gasteiger partial charge in [0.25, 0.3) is 0 Å². The molecule has 0 aliphatic carbocycles. The molecule has 0 amide bonds. The van der Waals surface area contributed by atoms with Crippen molar-refractivity contribution in [1.82, 2.24) is 0 Å². The molecule has 0 radical (unpaired) electrons. The van der Waals surface area contributed by atoms with Gasteiger partial charge in [-0.3, -0.25) is 4.79 Å². The summed E-state index contributed by atoms with van der Waals surface area (Å²) >= 11 is 0. The van der Waals surface area contributed by atoms with Crippen LogP contribution in [0, 0.1) is 27.7 Å². The van der Waals surface area contributed by atoms with Crippen LogP contribution in [0.2, 0.25) is 0 Å². The van der Waals surface area contributed by atoms with Crippen LogP contribution in [0.1, 0.15) is 27.8 Å². The van der Waals surface area contributed by atoms with Gasteiger partial charge in [-0.1, -0.05) is 12.1 Å². The molecule has 0 aromatic heterocycles. The molecule has 0 heterocycles. The van der Waals surface area contributed by atoms with E-state index in [9.17, 15) is 4.79 Å². The number of aryl methyl sites for hydroxylation is 2. The van der Waals surface area contributed by atoms with Crippen LogP contribution in [-0.4, -0.2) is 21.3 Å². The van der Waals surface area contributed by atoms with Crippen molar-refractivity contribution in [3.05, 3.63) is 58.1 Å². The molecule has 0 saturated heterocycles. The number of carboxylic acids is 1. The molecule has 0 saturated carbocycles. The molecule has 0 aliphatic heterocycles. The molecule has 2 aromatic rings. The largest absolute Gasteiger partial charge is 0.508 e. The molecular formula is C18H22O4. The van der Waals surface area contributed by atoms with Gasteiger partial charge in [0, 0.05) is 6.07 Å². The Bertz CT molecular complexity index is 632. The predicted octanol–water partition coefficient (Wildman–Crippen LogP) is 3.65. The Kier molecular flexibility index (Phi) is 5.99. The zero-order valence-electron chi connectivity index (χ0n) is 13.3. The van der Waals surface area contributed by atoms with Crippen LogP contribution in [0.15, 0.2) is 30.3 Å². The number of carbonyl (C=O) groups is 1. The summed E-state index contributed by atoms with van der Waals surface area (Å²) in [6.07, 6.45) is 0.125. The van der Waals surface area contributed by atoms with E-state index in [-0.39, 0.29) is 17.9 Å². The molecule has 2 rings (SSSR count). The Morgan fingerprint density at radius 2 is 1.36 bits per heavy atom. The SMILES string of the molecule is Cc1cc(C)c(C)c(CC(=O)O)c1C.Oc1cccc(O)c1. The van der Waals surface area contributed by atoms with Crippen molar-refractivity contribution in [2.24, 2.45) is 0 Å². The van der Waals surface area contributed by atoms with Crippen molar-refractivity contribution >= 4 is 5.97 Å². The highest BCUT2D eigenvalue weighted by Crippen LogP contribution is 2.21. The summed E-state index contributed by atoms with van der Waals surface area (Å²) in [7, 11) is 0. The van der Waals surface area contributed by atoms with Crippen LogP contribution < -0.4 is 0 Å². The molecule has 0 atom stereocenters. The summed E-state index contributed by atoms with van der Waals surface area (Å²) in [5.41, 5.74) is 5.52. The van der Waals surface area contributed by atoms with Crippen molar-refractivity contribution < 1.29 is 20.1 Å². The molecule has 22 heavy (non-hydrogen) atoms. The summed E-state index contributed by atoms with van der Waals surface area (Å²) in [4.78, 5) is 10.7. The van der Waals surface area contributed by atoms with Gasteiger partial charge in [-0.2, -0.15) is 0 Å². The number of aliphatic carboxylic acids is 1. The molecule has 0 bridgehead atoms. The van der Waals surface area contributed by atoms with E-state index in [2.05, 4.69) is 6.07 Å². The van der Waals surface area contributed by atoms with Gasteiger partial charge in [0.2, 0.25) is 0 Å². The highest BCUT2D eigenvalue weighted by Gasteiger charge is 2.10. The first-order chi connectivity index (χ1) is 10.2. The second-order valence-electron chi connectivity index (χ2n) is 5.33. The third-order valence-corrected chi connectivity index (χ3v) is 3.68. The fraction of sp³-hybridized carbons (Fsp3) is 0.278. The third-order valence-electron chi connectivity index (χ3n) is 3.68.